The van der Waals surface area contributed by atoms with Gasteiger partial charge in [0, 0.05) is 20.2 Å². The molecule has 0 amide bonds. The largest absolute Gasteiger partial charge is 0.383 e. The van der Waals surface area contributed by atoms with Gasteiger partial charge in [-0.2, -0.15) is 0 Å². The second-order valence-electron chi connectivity index (χ2n) is 4.36. The summed E-state index contributed by atoms with van der Waals surface area (Å²) in [5.74, 6) is 7.53. The summed E-state index contributed by atoms with van der Waals surface area (Å²) >= 11 is 0. The molecule has 1 heterocycles. The van der Waals surface area contributed by atoms with E-state index in [1.165, 1.54) is 0 Å². The fourth-order valence-corrected chi connectivity index (χ4v) is 1.62. The molecule has 0 spiro atoms. The normalized spacial score (nSPS) is 10.6. The first kappa shape index (κ1) is 13.7. The number of nitrogen functional groups attached to an aromatic ring is 1. The molecule has 1 aromatic heterocycles. The highest BCUT2D eigenvalue weighted by Crippen LogP contribution is 2.15. The summed E-state index contributed by atoms with van der Waals surface area (Å²) in [5.41, 5.74) is 2.56. The predicted octanol–water partition coefficient (Wildman–Crippen LogP) is 1.48. The van der Waals surface area contributed by atoms with Crippen LogP contribution in [0, 0.1) is 5.92 Å². The van der Waals surface area contributed by atoms with E-state index in [2.05, 4.69) is 29.2 Å². The Kier molecular flexibility index (Phi) is 5.72. The highest BCUT2D eigenvalue weighted by Gasteiger charge is 2.10. The van der Waals surface area contributed by atoms with Crippen molar-refractivity contribution in [2.75, 3.05) is 37.1 Å². The molecule has 0 aliphatic heterocycles. The number of aromatic nitrogens is 1. The molecule has 5 nitrogen and oxygen atoms in total. The Morgan fingerprint density at radius 2 is 2.24 bits per heavy atom. The molecule has 0 aliphatic rings. The first-order chi connectivity index (χ1) is 8.17. The first-order valence-corrected chi connectivity index (χ1v) is 5.85. The maximum atomic E-state index is 5.36. The van der Waals surface area contributed by atoms with Gasteiger partial charge in [-0.1, -0.05) is 19.9 Å². The van der Waals surface area contributed by atoms with Crippen molar-refractivity contribution in [3.8, 4) is 0 Å². The van der Waals surface area contributed by atoms with Gasteiger partial charge < -0.3 is 15.1 Å². The number of hydrogen-bond donors (Lipinski definition) is 2. The number of nitrogens with two attached hydrogens (primary N) is 1. The standard InChI is InChI=1S/C12H22N4O/c1-10(2)9-16(7-8-17-3)12-6-4-5-11(14-12)15-13/h4-6,10H,7-9,13H2,1-3H3,(H,14,15). The number of hydrazine groups is 1. The molecule has 0 fully saturated rings. The van der Waals surface area contributed by atoms with Crippen molar-refractivity contribution >= 4 is 11.6 Å². The van der Waals surface area contributed by atoms with Crippen molar-refractivity contribution in [1.29, 1.82) is 0 Å². The number of pyridine rings is 1. The monoisotopic (exact) mass is 238 g/mol. The number of hydrogen-bond acceptors (Lipinski definition) is 5. The summed E-state index contributed by atoms with van der Waals surface area (Å²) in [4.78, 5) is 6.64. The van der Waals surface area contributed by atoms with E-state index in [1.807, 2.05) is 18.2 Å². The summed E-state index contributed by atoms with van der Waals surface area (Å²) in [5, 5.41) is 0. The first-order valence-electron chi connectivity index (χ1n) is 5.85. The second kappa shape index (κ2) is 7.09. The number of rotatable bonds is 7. The molecule has 96 valence electrons. The van der Waals surface area contributed by atoms with Crippen LogP contribution in [0.5, 0.6) is 0 Å². The molecular weight excluding hydrogens is 216 g/mol. The van der Waals surface area contributed by atoms with Crippen molar-refractivity contribution < 1.29 is 4.74 Å². The number of nitrogens with zero attached hydrogens (tertiary/aromatic N) is 2. The summed E-state index contributed by atoms with van der Waals surface area (Å²) < 4.78 is 5.12. The van der Waals surface area contributed by atoms with Gasteiger partial charge in [-0.05, 0) is 18.1 Å². The molecule has 17 heavy (non-hydrogen) atoms. The van der Waals surface area contributed by atoms with Crippen LogP contribution in [-0.2, 0) is 4.74 Å². The van der Waals surface area contributed by atoms with E-state index in [1.54, 1.807) is 7.11 Å². The maximum absolute atomic E-state index is 5.36. The minimum atomic E-state index is 0.572. The van der Waals surface area contributed by atoms with Crippen molar-refractivity contribution in [3.05, 3.63) is 18.2 Å². The Morgan fingerprint density at radius 1 is 1.47 bits per heavy atom. The third-order valence-corrected chi connectivity index (χ3v) is 2.36. The van der Waals surface area contributed by atoms with Gasteiger partial charge >= 0.3 is 0 Å². The predicted molar refractivity (Wildman–Crippen MR) is 71.0 cm³/mol. The molecular formula is C12H22N4O. The molecule has 0 aromatic carbocycles. The molecule has 0 aliphatic carbocycles. The lowest BCUT2D eigenvalue weighted by Gasteiger charge is -2.25. The summed E-state index contributed by atoms with van der Waals surface area (Å²) in [7, 11) is 1.71. The highest BCUT2D eigenvalue weighted by atomic mass is 16.5. The average molecular weight is 238 g/mol. The zero-order valence-corrected chi connectivity index (χ0v) is 10.8. The van der Waals surface area contributed by atoms with E-state index in [0.717, 1.165) is 18.9 Å². The average Bonchev–Trinajstić information content (AvgIpc) is 2.34. The zero-order valence-electron chi connectivity index (χ0n) is 10.8. The number of ether oxygens (including phenoxy) is 1. The van der Waals surface area contributed by atoms with E-state index in [4.69, 9.17) is 10.6 Å². The minimum absolute atomic E-state index is 0.572. The topological polar surface area (TPSA) is 63.4 Å². The van der Waals surface area contributed by atoms with Crippen molar-refractivity contribution in [2.24, 2.45) is 11.8 Å². The fraction of sp³-hybridized carbons (Fsp3) is 0.583. The van der Waals surface area contributed by atoms with E-state index in [-0.39, 0.29) is 0 Å². The van der Waals surface area contributed by atoms with Gasteiger partial charge in [-0.3, -0.25) is 0 Å². The SMILES string of the molecule is COCCN(CC(C)C)c1cccc(NN)n1. The Bertz CT molecular complexity index is 330. The lowest BCUT2D eigenvalue weighted by molar-refractivity contribution is 0.204. The number of anilines is 2. The van der Waals surface area contributed by atoms with E-state index >= 15 is 0 Å². The van der Waals surface area contributed by atoms with Crippen LogP contribution in [-0.4, -0.2) is 31.8 Å². The molecule has 1 aromatic rings. The zero-order chi connectivity index (χ0) is 12.7. The number of methoxy groups -OCH3 is 1. The van der Waals surface area contributed by atoms with Gasteiger partial charge in [0.1, 0.15) is 11.6 Å². The summed E-state index contributed by atoms with van der Waals surface area (Å²) in [6, 6.07) is 5.77. The van der Waals surface area contributed by atoms with Crippen LogP contribution in [0.15, 0.2) is 18.2 Å². The van der Waals surface area contributed by atoms with Gasteiger partial charge in [0.05, 0.1) is 6.61 Å². The molecule has 0 radical (unpaired) electrons. The molecule has 0 atom stereocenters. The third kappa shape index (κ3) is 4.58. The van der Waals surface area contributed by atoms with Crippen LogP contribution in [0.25, 0.3) is 0 Å². The second-order valence-corrected chi connectivity index (χ2v) is 4.36. The molecule has 5 heteroatoms. The van der Waals surface area contributed by atoms with Crippen LogP contribution in [0.3, 0.4) is 0 Å². The Morgan fingerprint density at radius 3 is 2.82 bits per heavy atom. The molecule has 0 bridgehead atoms. The van der Waals surface area contributed by atoms with E-state index in [0.29, 0.717) is 18.3 Å². The highest BCUT2D eigenvalue weighted by molar-refractivity contribution is 5.46. The molecule has 0 unspecified atom stereocenters. The van der Waals surface area contributed by atoms with E-state index < -0.39 is 0 Å². The van der Waals surface area contributed by atoms with Crippen LogP contribution in [0.1, 0.15) is 13.8 Å². The van der Waals surface area contributed by atoms with Crippen molar-refractivity contribution in [3.63, 3.8) is 0 Å². The smallest absolute Gasteiger partial charge is 0.142 e. The van der Waals surface area contributed by atoms with Gasteiger partial charge in [-0.15, -0.1) is 0 Å². The van der Waals surface area contributed by atoms with Crippen molar-refractivity contribution in [2.45, 2.75) is 13.8 Å². The maximum Gasteiger partial charge on any atom is 0.142 e. The number of nitrogens with one attached hydrogen (secondary N) is 1. The van der Waals surface area contributed by atoms with Gasteiger partial charge in [-0.25, -0.2) is 10.8 Å². The van der Waals surface area contributed by atoms with Crippen LogP contribution in [0.2, 0.25) is 0 Å². The van der Waals surface area contributed by atoms with Crippen molar-refractivity contribution in [1.82, 2.24) is 4.98 Å². The molecule has 1 rings (SSSR count). The Balaban J connectivity index is 2.78. The minimum Gasteiger partial charge on any atom is -0.383 e. The van der Waals surface area contributed by atoms with Gasteiger partial charge in [0.15, 0.2) is 0 Å². The molecule has 0 saturated carbocycles. The molecule has 3 N–H and O–H groups in total. The fourth-order valence-electron chi connectivity index (χ4n) is 1.62. The Hall–Kier alpha value is -1.33. The van der Waals surface area contributed by atoms with Gasteiger partial charge in [0.25, 0.3) is 0 Å². The lowest BCUT2D eigenvalue weighted by Crippen LogP contribution is -2.31. The van der Waals surface area contributed by atoms with Gasteiger partial charge in [0.2, 0.25) is 0 Å². The lowest BCUT2D eigenvalue weighted by atomic mass is 10.2. The third-order valence-electron chi connectivity index (χ3n) is 2.36. The Labute approximate surface area is 103 Å². The van der Waals surface area contributed by atoms with E-state index in [9.17, 15) is 0 Å². The quantitative estimate of drug-likeness (QED) is 0.556. The van der Waals surface area contributed by atoms with Crippen LogP contribution in [0.4, 0.5) is 11.6 Å². The molecule has 0 saturated heterocycles. The van der Waals surface area contributed by atoms with Crippen LogP contribution < -0.4 is 16.2 Å². The summed E-state index contributed by atoms with van der Waals surface area (Å²) in [6.45, 7) is 6.84. The van der Waals surface area contributed by atoms with Crippen LogP contribution >= 0.6 is 0 Å². The summed E-state index contributed by atoms with van der Waals surface area (Å²) in [6.07, 6.45) is 0.